The highest BCUT2D eigenvalue weighted by molar-refractivity contribution is 5.60. The molecule has 3 heterocycles. The summed E-state index contributed by atoms with van der Waals surface area (Å²) in [6, 6.07) is 8.36. The molecule has 0 unspecified atom stereocenters. The number of nitrogens with one attached hydrogen (secondary N) is 1. The maximum absolute atomic E-state index is 14.1. The lowest BCUT2D eigenvalue weighted by molar-refractivity contribution is -0.503. The number of quaternary nitrogens is 1. The molecule has 7 nitrogen and oxygen atoms in total. The predicted molar refractivity (Wildman–Crippen MR) is 115 cm³/mol. The van der Waals surface area contributed by atoms with Gasteiger partial charge in [-0.15, -0.1) is 0 Å². The van der Waals surface area contributed by atoms with E-state index in [1.165, 1.54) is 12.3 Å². The van der Waals surface area contributed by atoms with Gasteiger partial charge in [0.2, 0.25) is 0 Å². The second kappa shape index (κ2) is 9.92. The summed E-state index contributed by atoms with van der Waals surface area (Å²) in [6.07, 6.45) is 1.67. The summed E-state index contributed by atoms with van der Waals surface area (Å²) in [5, 5.41) is 4.54. The van der Waals surface area contributed by atoms with Gasteiger partial charge >= 0.3 is 12.1 Å². The highest BCUT2D eigenvalue weighted by Gasteiger charge is 2.30. The van der Waals surface area contributed by atoms with Gasteiger partial charge in [-0.05, 0) is 30.3 Å². The Kier molecular flexibility index (Phi) is 6.80. The van der Waals surface area contributed by atoms with Crippen LogP contribution in [0.15, 0.2) is 55.0 Å². The molecule has 1 saturated heterocycles. The molecule has 1 fully saturated rings. The highest BCUT2D eigenvalue weighted by atomic mass is 19.4. The average Bonchev–Trinajstić information content (AvgIpc) is 2.81. The minimum Gasteiger partial charge on any atom is -0.378 e. The van der Waals surface area contributed by atoms with E-state index in [9.17, 15) is 17.6 Å². The van der Waals surface area contributed by atoms with Crippen molar-refractivity contribution in [1.82, 2.24) is 15.0 Å². The summed E-state index contributed by atoms with van der Waals surface area (Å²) in [4.78, 5) is 14.4. The van der Waals surface area contributed by atoms with Crippen molar-refractivity contribution in [2.75, 3.05) is 36.5 Å². The molecule has 0 aliphatic carbocycles. The summed E-state index contributed by atoms with van der Waals surface area (Å²) in [6.45, 7) is 2.17. The van der Waals surface area contributed by atoms with Crippen LogP contribution in [0.4, 0.5) is 40.7 Å². The van der Waals surface area contributed by atoms with Gasteiger partial charge in [0.25, 0.3) is 0 Å². The first-order valence-electron chi connectivity index (χ1n) is 10.2. The van der Waals surface area contributed by atoms with Gasteiger partial charge in [-0.2, -0.15) is 23.1 Å². The summed E-state index contributed by atoms with van der Waals surface area (Å²) in [5.41, 5.74) is 0.756. The Hall–Kier alpha value is -3.57. The number of morpholine rings is 1. The zero-order valence-corrected chi connectivity index (χ0v) is 17.4. The lowest BCUT2D eigenvalue weighted by Crippen LogP contribution is -2.72. The topological polar surface area (TPSA) is 79.8 Å². The third kappa shape index (κ3) is 6.02. The van der Waals surface area contributed by atoms with Crippen LogP contribution < -0.4 is 15.5 Å². The Morgan fingerprint density at radius 1 is 1.03 bits per heavy atom. The van der Waals surface area contributed by atoms with Crippen LogP contribution in [-0.2, 0) is 10.9 Å². The molecule has 1 aliphatic rings. The molecule has 1 aliphatic heterocycles. The summed E-state index contributed by atoms with van der Waals surface area (Å²) in [5.74, 6) is 0.122. The van der Waals surface area contributed by atoms with Crippen molar-refractivity contribution in [3.05, 3.63) is 72.1 Å². The van der Waals surface area contributed by atoms with Crippen molar-refractivity contribution in [3.63, 3.8) is 0 Å². The van der Waals surface area contributed by atoms with E-state index in [4.69, 9.17) is 4.74 Å². The zero-order chi connectivity index (χ0) is 23.3. The van der Waals surface area contributed by atoms with Crippen molar-refractivity contribution in [2.45, 2.75) is 6.18 Å². The fourth-order valence-electron chi connectivity index (χ4n) is 3.20. The van der Waals surface area contributed by atoms with E-state index in [1.807, 2.05) is 4.90 Å². The van der Waals surface area contributed by atoms with Crippen LogP contribution in [0.3, 0.4) is 0 Å². The fourth-order valence-corrected chi connectivity index (χ4v) is 3.20. The number of ether oxygens (including phenoxy) is 1. The molecule has 0 bridgehead atoms. The lowest BCUT2D eigenvalue weighted by atomic mass is 10.2. The Morgan fingerprint density at radius 2 is 1.85 bits per heavy atom. The van der Waals surface area contributed by atoms with Crippen LogP contribution >= 0.6 is 0 Å². The maximum Gasteiger partial charge on any atom is 0.416 e. The van der Waals surface area contributed by atoms with Gasteiger partial charge in [0.05, 0.1) is 42.6 Å². The number of anilines is 3. The van der Waals surface area contributed by atoms with Crippen molar-refractivity contribution < 1.29 is 27.6 Å². The molecular formula is C22H21F4N6O+. The minimum atomic E-state index is -4.40. The molecule has 0 radical (unpaired) electrons. The number of halogens is 4. The number of alkyl halides is 3. The lowest BCUT2D eigenvalue weighted by Gasteiger charge is -2.27. The molecule has 0 saturated carbocycles. The summed E-state index contributed by atoms with van der Waals surface area (Å²) >= 11 is 0. The molecule has 0 amide bonds. The predicted octanol–water partition coefficient (Wildman–Crippen LogP) is 3.48. The Balaban J connectivity index is 1.37. The third-order valence-electron chi connectivity index (χ3n) is 4.83. The molecule has 4 rings (SSSR count). The van der Waals surface area contributed by atoms with Crippen molar-refractivity contribution in [1.29, 1.82) is 0 Å². The monoisotopic (exact) mass is 461 g/mol. The number of rotatable bonds is 6. The standard InChI is InChI=1S/C22H20F4N6O/c23-19-14-29-21(31-20(19)32-8-10-33-11-9-32)27-7-6-16-4-5-18(13-28-16)30-17-3-1-2-15(12-17)22(24,25)26/h1-7,12-14,30H,8-11H2,(H,27,29,31)/p+1/b7-6+. The molecule has 2 aromatic heterocycles. The zero-order valence-electron chi connectivity index (χ0n) is 17.4. The second-order valence-corrected chi connectivity index (χ2v) is 7.20. The van der Waals surface area contributed by atoms with Gasteiger partial charge in [-0.3, -0.25) is 10.3 Å². The average molecular weight is 461 g/mol. The van der Waals surface area contributed by atoms with E-state index < -0.39 is 17.6 Å². The van der Waals surface area contributed by atoms with Gasteiger partial charge in [0, 0.05) is 24.9 Å². The Morgan fingerprint density at radius 3 is 2.58 bits per heavy atom. The molecule has 0 spiro atoms. The van der Waals surface area contributed by atoms with Gasteiger partial charge in [-0.25, -0.2) is 4.39 Å². The SMILES string of the molecule is Fc1cnc([NH2+]/C=C/c2ccc(Nc3cccc(C(F)(F)F)c3)cn2)nc1N1CCOCC1. The van der Waals surface area contributed by atoms with E-state index in [1.54, 1.807) is 35.8 Å². The molecule has 1 aromatic carbocycles. The van der Waals surface area contributed by atoms with Gasteiger partial charge in [0.15, 0.2) is 11.6 Å². The van der Waals surface area contributed by atoms with Crippen LogP contribution in [0.1, 0.15) is 11.3 Å². The first kappa shape index (κ1) is 22.6. The number of aromatic nitrogens is 3. The maximum atomic E-state index is 14.1. The number of nitrogens with two attached hydrogens (primary N) is 1. The number of pyridine rings is 1. The summed E-state index contributed by atoms with van der Waals surface area (Å²) in [7, 11) is 0. The van der Waals surface area contributed by atoms with E-state index in [0.29, 0.717) is 49.3 Å². The van der Waals surface area contributed by atoms with Crippen LogP contribution in [0, 0.1) is 5.82 Å². The molecule has 0 atom stereocenters. The van der Waals surface area contributed by atoms with Crippen molar-refractivity contribution >= 4 is 29.2 Å². The van der Waals surface area contributed by atoms with Crippen LogP contribution in [-0.4, -0.2) is 41.3 Å². The number of benzene rings is 1. The van der Waals surface area contributed by atoms with Crippen LogP contribution in [0.2, 0.25) is 0 Å². The normalized spacial score (nSPS) is 14.6. The smallest absolute Gasteiger partial charge is 0.378 e. The molecular weight excluding hydrogens is 440 g/mol. The molecule has 3 aromatic rings. The van der Waals surface area contributed by atoms with Crippen LogP contribution in [0.5, 0.6) is 0 Å². The van der Waals surface area contributed by atoms with Gasteiger partial charge in [0.1, 0.15) is 6.20 Å². The van der Waals surface area contributed by atoms with E-state index in [0.717, 1.165) is 18.3 Å². The first-order valence-corrected chi connectivity index (χ1v) is 10.2. The molecule has 11 heteroatoms. The fraction of sp³-hybridized carbons (Fsp3) is 0.227. The quantitative estimate of drug-likeness (QED) is 0.548. The summed E-state index contributed by atoms with van der Waals surface area (Å²) < 4.78 is 57.9. The van der Waals surface area contributed by atoms with Crippen molar-refractivity contribution in [2.24, 2.45) is 0 Å². The third-order valence-corrected chi connectivity index (χ3v) is 4.83. The Labute approximate surface area is 187 Å². The van der Waals surface area contributed by atoms with E-state index in [2.05, 4.69) is 20.3 Å². The minimum absolute atomic E-state index is 0.246. The number of hydrogen-bond donors (Lipinski definition) is 2. The van der Waals surface area contributed by atoms with E-state index in [-0.39, 0.29) is 5.82 Å². The molecule has 172 valence electrons. The Bertz CT molecular complexity index is 1110. The van der Waals surface area contributed by atoms with Gasteiger partial charge < -0.3 is 15.0 Å². The van der Waals surface area contributed by atoms with E-state index >= 15 is 0 Å². The van der Waals surface area contributed by atoms with Crippen molar-refractivity contribution in [3.8, 4) is 0 Å². The first-order chi connectivity index (χ1) is 15.9. The number of hydrogen-bond acceptors (Lipinski definition) is 6. The highest BCUT2D eigenvalue weighted by Crippen LogP contribution is 2.31. The second-order valence-electron chi connectivity index (χ2n) is 7.20. The number of nitrogens with zero attached hydrogens (tertiary/aromatic N) is 4. The van der Waals surface area contributed by atoms with Crippen LogP contribution in [0.25, 0.3) is 6.08 Å². The largest absolute Gasteiger partial charge is 0.416 e. The molecule has 33 heavy (non-hydrogen) atoms. The molecule has 3 N–H and O–H groups in total. The van der Waals surface area contributed by atoms with Gasteiger partial charge in [-0.1, -0.05) is 6.07 Å².